The number of carbonyl (C=O) groups excluding carboxylic acids is 3. The van der Waals surface area contributed by atoms with Gasteiger partial charge in [-0.2, -0.15) is 5.26 Å². The summed E-state index contributed by atoms with van der Waals surface area (Å²) in [7, 11) is -2.92. The fourth-order valence-corrected chi connectivity index (χ4v) is 11.0. The van der Waals surface area contributed by atoms with Crippen molar-refractivity contribution < 1.29 is 33.1 Å². The Morgan fingerprint density at radius 2 is 1.81 bits per heavy atom. The molecule has 6 atom stereocenters. The maximum atomic E-state index is 14.7. The number of alkyl halides is 1. The average molecular weight is 762 g/mol. The predicted molar refractivity (Wildman–Crippen MR) is 198 cm³/mol. The van der Waals surface area contributed by atoms with Crippen molar-refractivity contribution >= 4 is 46.7 Å². The lowest BCUT2D eigenvalue weighted by atomic mass is 9.79. The normalized spacial score (nSPS) is 30.0. The van der Waals surface area contributed by atoms with Crippen LogP contribution >= 0.6 is 18.9 Å². The van der Waals surface area contributed by atoms with E-state index in [1.807, 2.05) is 18.2 Å². The third kappa shape index (κ3) is 6.82. The molecule has 2 saturated carbocycles. The summed E-state index contributed by atoms with van der Waals surface area (Å²) in [6.45, 7) is 0.629. The number of rotatable bonds is 8. The third-order valence-electron chi connectivity index (χ3n) is 12.7. The van der Waals surface area contributed by atoms with Crippen molar-refractivity contribution in [3.05, 3.63) is 70.6 Å². The molecular formula is C39H45FN5O6PS. The molecule has 3 aromatic rings. The first-order chi connectivity index (χ1) is 25.3. The molecule has 14 heteroatoms. The third-order valence-corrected chi connectivity index (χ3v) is 14.7. The topological polar surface area (TPSA) is 154 Å². The molecule has 1 unspecified atom stereocenters. The lowest BCUT2D eigenvalue weighted by Gasteiger charge is -2.46. The molecule has 8 rings (SSSR count). The number of nitrogens with zero attached hydrogens (tertiary/aromatic N) is 4. The molecule has 5 fully saturated rings. The number of carbonyl (C=O) groups is 3. The Kier molecular flexibility index (Phi) is 9.51. The SMILES string of the molecule is CN(C1CC(C#N)C1)[C@H]1CCC(NC(=O)c2cc3cc([C@@H](F)P(=O)(O)O)ccc3s2)C(=O)N2[C@H](CC[C@H]2C(=O)N2C[C@H](c3ccccc3)CC23CC3)C1. The molecule has 4 heterocycles. The summed E-state index contributed by atoms with van der Waals surface area (Å²) in [6, 6.07) is 17.1. The van der Waals surface area contributed by atoms with Gasteiger partial charge in [0.15, 0.2) is 0 Å². The number of amides is 3. The second kappa shape index (κ2) is 13.9. The van der Waals surface area contributed by atoms with E-state index in [2.05, 4.69) is 40.4 Å². The van der Waals surface area contributed by atoms with E-state index in [1.165, 1.54) is 23.8 Å². The smallest absolute Gasteiger partial charge is 0.340 e. The zero-order valence-corrected chi connectivity index (χ0v) is 31.4. The Morgan fingerprint density at radius 3 is 2.51 bits per heavy atom. The first-order valence-corrected chi connectivity index (χ1v) is 21.2. The van der Waals surface area contributed by atoms with Gasteiger partial charge in [-0.1, -0.05) is 36.4 Å². The van der Waals surface area contributed by atoms with Gasteiger partial charge < -0.3 is 29.8 Å². The van der Waals surface area contributed by atoms with Gasteiger partial charge in [0.25, 0.3) is 5.91 Å². The minimum atomic E-state index is -5.01. The lowest BCUT2D eigenvalue weighted by Crippen LogP contribution is -2.59. The number of thiophene rings is 1. The van der Waals surface area contributed by atoms with Crippen LogP contribution in [-0.4, -0.2) is 91.5 Å². The fraction of sp³-hybridized carbons (Fsp3) is 0.538. The van der Waals surface area contributed by atoms with Crippen molar-refractivity contribution in [3.8, 4) is 6.07 Å². The summed E-state index contributed by atoms with van der Waals surface area (Å²) >= 11 is 1.15. The molecule has 0 radical (unpaired) electrons. The Balaban J connectivity index is 1.05. The molecule has 3 amide bonds. The number of benzene rings is 2. The van der Waals surface area contributed by atoms with Crippen molar-refractivity contribution in [1.29, 1.82) is 5.26 Å². The van der Waals surface area contributed by atoms with Gasteiger partial charge in [0.1, 0.15) is 12.1 Å². The summed E-state index contributed by atoms with van der Waals surface area (Å²) in [5, 5.41) is 12.9. The number of fused-ring (bicyclic) bond motifs is 2. The van der Waals surface area contributed by atoms with Crippen LogP contribution in [0, 0.1) is 17.2 Å². The van der Waals surface area contributed by atoms with Crippen LogP contribution in [0.5, 0.6) is 0 Å². The van der Waals surface area contributed by atoms with E-state index in [1.54, 1.807) is 11.0 Å². The number of halogens is 1. The van der Waals surface area contributed by atoms with Crippen LogP contribution in [0.3, 0.4) is 0 Å². The summed E-state index contributed by atoms with van der Waals surface area (Å²) in [6.07, 6.45) is 7.49. The molecule has 5 aliphatic rings. The van der Waals surface area contributed by atoms with E-state index < -0.39 is 31.5 Å². The second-order valence-electron chi connectivity index (χ2n) is 15.9. The molecule has 2 aromatic carbocycles. The molecule has 280 valence electrons. The van der Waals surface area contributed by atoms with E-state index in [-0.39, 0.29) is 57.8 Å². The standard InChI is InChI=1S/C39H45FN5O6PS/c1-43(30-15-23(16-30)21-41)28-8-10-31(42-36(46)34-18-26-17-25(7-12-33(26)53-34)35(40)52(49,50)51)37(47)45-29(19-28)9-11-32(45)38(48)44-22-27(20-39(44)13-14-39)24-5-3-2-4-6-24/h2-7,12,17-18,23,27-32,35H,8-11,13-16,19-20,22H2,1H3,(H,42,46)(H2,49,50,51)/t23?,27-,28+,29-,30?,31?,32+,35+/m1/s1. The van der Waals surface area contributed by atoms with E-state index in [9.17, 15) is 38.4 Å². The van der Waals surface area contributed by atoms with Gasteiger partial charge in [-0.3, -0.25) is 18.9 Å². The quantitative estimate of drug-likeness (QED) is 0.242. The number of nitriles is 1. The molecule has 0 bridgehead atoms. The minimum absolute atomic E-state index is 0.00461. The molecule has 3 aliphatic heterocycles. The van der Waals surface area contributed by atoms with Gasteiger partial charge >= 0.3 is 7.60 Å². The molecule has 3 N–H and O–H groups in total. The molecule has 3 saturated heterocycles. The number of hydrogen-bond acceptors (Lipinski definition) is 7. The highest BCUT2D eigenvalue weighted by Crippen LogP contribution is 2.55. The van der Waals surface area contributed by atoms with Crippen molar-refractivity contribution in [2.75, 3.05) is 13.6 Å². The Morgan fingerprint density at radius 1 is 1.06 bits per heavy atom. The van der Waals surface area contributed by atoms with Crippen LogP contribution in [0.15, 0.2) is 54.6 Å². The minimum Gasteiger partial charge on any atom is -0.340 e. The van der Waals surface area contributed by atoms with Crippen LogP contribution in [0.25, 0.3) is 10.1 Å². The molecule has 11 nitrogen and oxygen atoms in total. The predicted octanol–water partition coefficient (Wildman–Crippen LogP) is 5.84. The van der Waals surface area contributed by atoms with Gasteiger partial charge in [0, 0.05) is 46.7 Å². The average Bonchev–Trinajstić information content (AvgIpc) is 3.42. The number of likely N-dealkylation sites (tertiary alicyclic amines) is 1. The van der Waals surface area contributed by atoms with Gasteiger partial charge in [0.05, 0.1) is 10.9 Å². The Bertz CT molecular complexity index is 2010. The molecular weight excluding hydrogens is 716 g/mol. The van der Waals surface area contributed by atoms with Gasteiger partial charge in [-0.15, -0.1) is 11.3 Å². The van der Waals surface area contributed by atoms with Crippen LogP contribution in [-0.2, 0) is 14.2 Å². The first kappa shape index (κ1) is 36.3. The monoisotopic (exact) mass is 761 g/mol. The summed E-state index contributed by atoms with van der Waals surface area (Å²) in [5.74, 6) is -2.89. The van der Waals surface area contributed by atoms with E-state index in [0.29, 0.717) is 42.3 Å². The molecule has 53 heavy (non-hydrogen) atoms. The van der Waals surface area contributed by atoms with Gasteiger partial charge in [-0.25, -0.2) is 4.39 Å². The van der Waals surface area contributed by atoms with Crippen LogP contribution < -0.4 is 5.32 Å². The zero-order chi connectivity index (χ0) is 37.2. The van der Waals surface area contributed by atoms with Crippen LogP contribution in [0.2, 0.25) is 0 Å². The van der Waals surface area contributed by atoms with Crippen molar-refractivity contribution in [3.63, 3.8) is 0 Å². The largest absolute Gasteiger partial charge is 0.363 e. The first-order valence-electron chi connectivity index (χ1n) is 18.7. The number of nitrogens with one attached hydrogen (secondary N) is 1. The molecule has 2 aliphatic carbocycles. The summed E-state index contributed by atoms with van der Waals surface area (Å²) < 4.78 is 26.7. The van der Waals surface area contributed by atoms with Crippen molar-refractivity contribution in [1.82, 2.24) is 20.0 Å². The van der Waals surface area contributed by atoms with Crippen molar-refractivity contribution in [2.45, 2.75) is 112 Å². The zero-order valence-electron chi connectivity index (χ0n) is 29.6. The maximum absolute atomic E-state index is 14.7. The summed E-state index contributed by atoms with van der Waals surface area (Å²) in [4.78, 5) is 68.3. The highest BCUT2D eigenvalue weighted by molar-refractivity contribution is 7.51. The Hall–Kier alpha value is -3.66. The van der Waals surface area contributed by atoms with Gasteiger partial charge in [0.2, 0.25) is 17.7 Å². The molecule has 1 spiro atoms. The number of hydrogen-bond donors (Lipinski definition) is 3. The maximum Gasteiger partial charge on any atom is 0.363 e. The Labute approximate surface area is 312 Å². The lowest BCUT2D eigenvalue weighted by molar-refractivity contribution is -0.148. The molecule has 1 aromatic heterocycles. The van der Waals surface area contributed by atoms with E-state index in [4.69, 9.17) is 0 Å². The summed E-state index contributed by atoms with van der Waals surface area (Å²) in [5.41, 5.74) is 0.895. The van der Waals surface area contributed by atoms with Crippen LogP contribution in [0.4, 0.5) is 4.39 Å². The van der Waals surface area contributed by atoms with E-state index in [0.717, 1.165) is 49.9 Å². The van der Waals surface area contributed by atoms with Crippen molar-refractivity contribution in [2.24, 2.45) is 5.92 Å². The second-order valence-corrected chi connectivity index (χ2v) is 18.6. The highest BCUT2D eigenvalue weighted by Gasteiger charge is 2.58. The van der Waals surface area contributed by atoms with Crippen LogP contribution in [0.1, 0.15) is 96.8 Å². The fourth-order valence-electron chi connectivity index (χ4n) is 9.48. The highest BCUT2D eigenvalue weighted by atomic mass is 32.1. The van der Waals surface area contributed by atoms with E-state index >= 15 is 0 Å². The van der Waals surface area contributed by atoms with Gasteiger partial charge in [-0.05, 0) is 106 Å².